The number of carboxylic acid groups (broad SMARTS) is 1. The van der Waals surface area contributed by atoms with Gasteiger partial charge in [-0.1, -0.05) is 0 Å². The third-order valence-corrected chi connectivity index (χ3v) is 2.84. The van der Waals surface area contributed by atoms with Crippen molar-refractivity contribution in [2.24, 2.45) is 5.92 Å². The van der Waals surface area contributed by atoms with Gasteiger partial charge in [0.2, 0.25) is 5.91 Å². The molecule has 0 radical (unpaired) electrons. The first-order valence-corrected chi connectivity index (χ1v) is 5.84. The van der Waals surface area contributed by atoms with Crippen LogP contribution in [0.15, 0.2) is 0 Å². The number of carboxylic acids is 1. The predicted octanol–water partition coefficient (Wildman–Crippen LogP) is -0.454. The molecule has 1 atom stereocenters. The summed E-state index contributed by atoms with van der Waals surface area (Å²) < 4.78 is 4.87. The van der Waals surface area contributed by atoms with Crippen LogP contribution in [0.3, 0.4) is 0 Å². The van der Waals surface area contributed by atoms with Crippen molar-refractivity contribution in [3.8, 4) is 0 Å². The maximum atomic E-state index is 11.5. The molecule has 1 aliphatic rings. The van der Waals surface area contributed by atoms with E-state index in [1.165, 1.54) is 0 Å². The van der Waals surface area contributed by atoms with Crippen molar-refractivity contribution in [1.82, 2.24) is 10.2 Å². The van der Waals surface area contributed by atoms with Crippen LogP contribution < -0.4 is 5.32 Å². The Labute approximate surface area is 101 Å². The first-order chi connectivity index (χ1) is 8.13. The molecule has 0 bridgehead atoms. The number of ether oxygens (including phenoxy) is 1. The fourth-order valence-corrected chi connectivity index (χ4v) is 1.88. The van der Waals surface area contributed by atoms with Crippen LogP contribution in [0.2, 0.25) is 0 Å². The highest BCUT2D eigenvalue weighted by atomic mass is 16.5. The summed E-state index contributed by atoms with van der Waals surface area (Å²) in [6, 6.07) is 0. The lowest BCUT2D eigenvalue weighted by atomic mass is 10.1. The second-order valence-corrected chi connectivity index (χ2v) is 4.26. The summed E-state index contributed by atoms with van der Waals surface area (Å²) in [6.07, 6.45) is 1.42. The highest BCUT2D eigenvalue weighted by molar-refractivity contribution is 5.78. The zero-order valence-electron chi connectivity index (χ0n) is 10.1. The van der Waals surface area contributed by atoms with Crippen molar-refractivity contribution in [3.05, 3.63) is 0 Å². The normalized spacial score (nSPS) is 20.4. The molecular weight excluding hydrogens is 224 g/mol. The first-order valence-electron chi connectivity index (χ1n) is 5.84. The molecule has 17 heavy (non-hydrogen) atoms. The lowest BCUT2D eigenvalue weighted by Crippen LogP contribution is -2.37. The minimum Gasteiger partial charge on any atom is -0.481 e. The van der Waals surface area contributed by atoms with E-state index < -0.39 is 5.97 Å². The first kappa shape index (κ1) is 13.9. The third-order valence-electron chi connectivity index (χ3n) is 2.84. The van der Waals surface area contributed by atoms with E-state index in [9.17, 15) is 9.59 Å². The van der Waals surface area contributed by atoms with Gasteiger partial charge in [-0.25, -0.2) is 0 Å². The van der Waals surface area contributed by atoms with Crippen molar-refractivity contribution in [2.75, 3.05) is 39.9 Å². The van der Waals surface area contributed by atoms with Gasteiger partial charge in [-0.05, 0) is 19.4 Å². The van der Waals surface area contributed by atoms with Gasteiger partial charge in [0.05, 0.1) is 12.5 Å². The standard InChI is InChI=1S/C11H20N2O4/c1-17-6-2-4-12-10(14)8-13-5-3-9(7-13)11(15)16/h9H,2-8H2,1H3,(H,12,14)(H,15,16). The van der Waals surface area contributed by atoms with Gasteiger partial charge in [-0.3, -0.25) is 14.5 Å². The Balaban J connectivity index is 2.13. The third kappa shape index (κ3) is 5.14. The van der Waals surface area contributed by atoms with E-state index in [1.54, 1.807) is 7.11 Å². The summed E-state index contributed by atoms with van der Waals surface area (Å²) in [5, 5.41) is 11.6. The van der Waals surface area contributed by atoms with Crippen molar-refractivity contribution in [1.29, 1.82) is 0 Å². The Morgan fingerprint density at radius 2 is 2.29 bits per heavy atom. The second-order valence-electron chi connectivity index (χ2n) is 4.26. The number of carbonyl (C=O) groups is 2. The molecule has 1 amide bonds. The Kier molecular flexibility index (Phi) is 5.93. The van der Waals surface area contributed by atoms with Crippen molar-refractivity contribution >= 4 is 11.9 Å². The number of rotatable bonds is 7. The molecule has 0 aromatic heterocycles. The zero-order valence-corrected chi connectivity index (χ0v) is 10.1. The number of aliphatic carboxylic acids is 1. The molecule has 0 spiro atoms. The molecule has 6 nitrogen and oxygen atoms in total. The molecular formula is C11H20N2O4. The Hall–Kier alpha value is -1.14. The minimum absolute atomic E-state index is 0.0489. The van der Waals surface area contributed by atoms with Crippen molar-refractivity contribution in [3.63, 3.8) is 0 Å². The Bertz CT molecular complexity index is 270. The predicted molar refractivity (Wildman–Crippen MR) is 61.7 cm³/mol. The monoisotopic (exact) mass is 244 g/mol. The number of hydrogen-bond donors (Lipinski definition) is 2. The van der Waals surface area contributed by atoms with Crippen molar-refractivity contribution < 1.29 is 19.4 Å². The molecule has 0 aromatic rings. The van der Waals surface area contributed by atoms with Gasteiger partial charge in [0, 0.05) is 26.8 Å². The topological polar surface area (TPSA) is 78.9 Å². The smallest absolute Gasteiger partial charge is 0.307 e. The molecule has 0 aliphatic carbocycles. The van der Waals surface area contributed by atoms with Gasteiger partial charge in [0.1, 0.15) is 0 Å². The van der Waals surface area contributed by atoms with Crippen LogP contribution in [-0.4, -0.2) is 61.8 Å². The molecule has 0 saturated carbocycles. The second kappa shape index (κ2) is 7.24. The van der Waals surface area contributed by atoms with E-state index in [0.717, 1.165) is 6.42 Å². The Morgan fingerprint density at radius 3 is 2.88 bits per heavy atom. The highest BCUT2D eigenvalue weighted by Crippen LogP contribution is 2.15. The number of likely N-dealkylation sites (tertiary alicyclic amines) is 1. The van der Waals surface area contributed by atoms with E-state index >= 15 is 0 Å². The summed E-state index contributed by atoms with van der Waals surface area (Å²) in [6.45, 7) is 2.67. The minimum atomic E-state index is -0.770. The number of amides is 1. The quantitative estimate of drug-likeness (QED) is 0.593. The molecule has 1 fully saturated rings. The van der Waals surface area contributed by atoms with E-state index in [4.69, 9.17) is 9.84 Å². The summed E-state index contributed by atoms with van der Waals surface area (Å²) in [4.78, 5) is 24.1. The van der Waals surface area contributed by atoms with Gasteiger partial charge in [-0.15, -0.1) is 0 Å². The number of hydrogen-bond acceptors (Lipinski definition) is 4. The molecule has 1 rings (SSSR count). The van der Waals surface area contributed by atoms with E-state index in [-0.39, 0.29) is 18.4 Å². The Morgan fingerprint density at radius 1 is 1.53 bits per heavy atom. The van der Waals surface area contributed by atoms with Crippen molar-refractivity contribution in [2.45, 2.75) is 12.8 Å². The van der Waals surface area contributed by atoms with Crippen LogP contribution in [0.25, 0.3) is 0 Å². The average molecular weight is 244 g/mol. The SMILES string of the molecule is COCCCNC(=O)CN1CCC(C(=O)O)C1. The molecule has 0 aromatic carbocycles. The number of nitrogens with zero attached hydrogens (tertiary/aromatic N) is 1. The summed E-state index contributed by atoms with van der Waals surface area (Å²) in [5.41, 5.74) is 0. The summed E-state index contributed by atoms with van der Waals surface area (Å²) in [7, 11) is 1.62. The van der Waals surface area contributed by atoms with Crippen LogP contribution in [0.1, 0.15) is 12.8 Å². The lowest BCUT2D eigenvalue weighted by molar-refractivity contribution is -0.141. The van der Waals surface area contributed by atoms with Crippen LogP contribution in [-0.2, 0) is 14.3 Å². The maximum absolute atomic E-state index is 11.5. The highest BCUT2D eigenvalue weighted by Gasteiger charge is 2.28. The van der Waals surface area contributed by atoms with Gasteiger partial charge < -0.3 is 15.2 Å². The average Bonchev–Trinajstić information content (AvgIpc) is 2.73. The van der Waals surface area contributed by atoms with Crippen LogP contribution in [0.5, 0.6) is 0 Å². The molecule has 98 valence electrons. The van der Waals surface area contributed by atoms with Gasteiger partial charge in [-0.2, -0.15) is 0 Å². The van der Waals surface area contributed by atoms with Gasteiger partial charge in [0.15, 0.2) is 0 Å². The molecule has 1 aliphatic heterocycles. The molecule has 1 saturated heterocycles. The van der Waals surface area contributed by atoms with Crippen LogP contribution in [0, 0.1) is 5.92 Å². The zero-order chi connectivity index (χ0) is 12.7. The number of nitrogens with one attached hydrogen (secondary N) is 1. The van der Waals surface area contributed by atoms with Crippen LogP contribution in [0.4, 0.5) is 0 Å². The summed E-state index contributed by atoms with van der Waals surface area (Å²) in [5.74, 6) is -1.14. The summed E-state index contributed by atoms with van der Waals surface area (Å²) >= 11 is 0. The van der Waals surface area contributed by atoms with Gasteiger partial charge in [0.25, 0.3) is 0 Å². The fraction of sp³-hybridized carbons (Fsp3) is 0.818. The van der Waals surface area contributed by atoms with Gasteiger partial charge >= 0.3 is 5.97 Å². The fourth-order valence-electron chi connectivity index (χ4n) is 1.88. The van der Waals surface area contributed by atoms with E-state index in [2.05, 4.69) is 5.32 Å². The molecule has 6 heteroatoms. The number of methoxy groups -OCH3 is 1. The molecule has 1 unspecified atom stereocenters. The van der Waals surface area contributed by atoms with Crippen LogP contribution >= 0.6 is 0 Å². The van der Waals surface area contributed by atoms with E-state index in [1.807, 2.05) is 4.90 Å². The molecule has 2 N–H and O–H groups in total. The largest absolute Gasteiger partial charge is 0.481 e. The molecule has 1 heterocycles. The number of carbonyl (C=O) groups excluding carboxylic acids is 1. The van der Waals surface area contributed by atoms with E-state index in [0.29, 0.717) is 32.7 Å². The maximum Gasteiger partial charge on any atom is 0.307 e. The lowest BCUT2D eigenvalue weighted by Gasteiger charge is -2.14.